The van der Waals surface area contributed by atoms with Gasteiger partial charge < -0.3 is 15.0 Å². The molecule has 1 aliphatic heterocycles. The molecule has 0 aromatic carbocycles. The molecule has 1 aromatic rings. The van der Waals surface area contributed by atoms with Gasteiger partial charge in [0.1, 0.15) is 12.1 Å². The largest absolute Gasteiger partial charge is 0.481 e. The number of hydrogen-bond acceptors (Lipinski definition) is 5. The van der Waals surface area contributed by atoms with Crippen molar-refractivity contribution in [3.8, 4) is 5.88 Å². The average Bonchev–Trinajstić information content (AvgIpc) is 2.92. The molecule has 1 aromatic heterocycles. The molecule has 100 valence electrons. The molecule has 0 bridgehead atoms. The summed E-state index contributed by atoms with van der Waals surface area (Å²) >= 11 is 0. The fourth-order valence-corrected chi connectivity index (χ4v) is 2.23. The minimum Gasteiger partial charge on any atom is -0.481 e. The van der Waals surface area contributed by atoms with Gasteiger partial charge in [-0.1, -0.05) is 0 Å². The van der Waals surface area contributed by atoms with E-state index in [2.05, 4.69) is 20.2 Å². The molecule has 0 unspecified atom stereocenters. The van der Waals surface area contributed by atoms with Crippen molar-refractivity contribution in [2.45, 2.75) is 25.7 Å². The molecule has 0 radical (unpaired) electrons. The van der Waals surface area contributed by atoms with Crippen LogP contribution >= 0.6 is 0 Å². The molecule has 1 saturated heterocycles. The van der Waals surface area contributed by atoms with E-state index in [1.807, 2.05) is 6.07 Å². The number of methoxy groups -OCH3 is 1. The normalized spacial score (nSPS) is 15.8. The van der Waals surface area contributed by atoms with Crippen LogP contribution in [0.5, 0.6) is 5.88 Å². The lowest BCUT2D eigenvalue weighted by Gasteiger charge is -2.14. The smallest absolute Gasteiger partial charge is 0.218 e. The number of nitrogens with zero attached hydrogens (tertiary/aromatic N) is 3. The molecule has 5 heteroatoms. The fraction of sp³-hybridized carbons (Fsp3) is 0.692. The van der Waals surface area contributed by atoms with Gasteiger partial charge in [-0.15, -0.1) is 0 Å². The van der Waals surface area contributed by atoms with Crippen molar-refractivity contribution in [1.29, 1.82) is 0 Å². The highest BCUT2D eigenvalue weighted by molar-refractivity contribution is 5.36. The second kappa shape index (κ2) is 7.16. The molecule has 5 nitrogen and oxygen atoms in total. The zero-order valence-electron chi connectivity index (χ0n) is 11.1. The van der Waals surface area contributed by atoms with Crippen LogP contribution in [0, 0.1) is 0 Å². The van der Waals surface area contributed by atoms with E-state index in [0.29, 0.717) is 5.88 Å². The van der Waals surface area contributed by atoms with Gasteiger partial charge in [0.15, 0.2) is 0 Å². The molecule has 1 fully saturated rings. The Hall–Kier alpha value is -1.36. The van der Waals surface area contributed by atoms with E-state index < -0.39 is 0 Å². The van der Waals surface area contributed by atoms with E-state index in [4.69, 9.17) is 4.74 Å². The highest BCUT2D eigenvalue weighted by Gasteiger charge is 2.09. The van der Waals surface area contributed by atoms with Gasteiger partial charge in [-0.05, 0) is 45.3 Å². The van der Waals surface area contributed by atoms with Gasteiger partial charge in [-0.25, -0.2) is 9.97 Å². The minimum atomic E-state index is 0.601. The molecule has 0 atom stereocenters. The third kappa shape index (κ3) is 4.14. The summed E-state index contributed by atoms with van der Waals surface area (Å²) in [6.07, 6.45) is 6.68. The molecule has 1 N–H and O–H groups in total. The summed E-state index contributed by atoms with van der Waals surface area (Å²) in [7, 11) is 1.61. The van der Waals surface area contributed by atoms with Crippen molar-refractivity contribution in [2.75, 3.05) is 38.6 Å². The van der Waals surface area contributed by atoms with Crippen LogP contribution in [0.3, 0.4) is 0 Å². The zero-order chi connectivity index (χ0) is 12.6. The lowest BCUT2D eigenvalue weighted by molar-refractivity contribution is 0.331. The summed E-state index contributed by atoms with van der Waals surface area (Å²) in [4.78, 5) is 10.7. The maximum Gasteiger partial charge on any atom is 0.218 e. The predicted molar refractivity (Wildman–Crippen MR) is 72.0 cm³/mol. The number of anilines is 1. The molecule has 0 aliphatic carbocycles. The Morgan fingerprint density at radius 3 is 2.89 bits per heavy atom. The van der Waals surface area contributed by atoms with Gasteiger partial charge in [-0.2, -0.15) is 0 Å². The Labute approximate surface area is 109 Å². The molecular formula is C13H22N4O. The molecule has 0 amide bonds. The first-order valence-corrected chi connectivity index (χ1v) is 6.71. The lowest BCUT2D eigenvalue weighted by atomic mass is 10.3. The van der Waals surface area contributed by atoms with Crippen molar-refractivity contribution in [2.24, 2.45) is 0 Å². The van der Waals surface area contributed by atoms with Crippen molar-refractivity contribution in [1.82, 2.24) is 14.9 Å². The second-order valence-electron chi connectivity index (χ2n) is 4.63. The van der Waals surface area contributed by atoms with Crippen molar-refractivity contribution >= 4 is 5.82 Å². The second-order valence-corrected chi connectivity index (χ2v) is 4.63. The van der Waals surface area contributed by atoms with Crippen LogP contribution in [0.2, 0.25) is 0 Å². The highest BCUT2D eigenvalue weighted by Crippen LogP contribution is 2.11. The number of aromatic nitrogens is 2. The average molecular weight is 250 g/mol. The number of likely N-dealkylation sites (tertiary alicyclic amines) is 1. The standard InChI is InChI=1S/C13H22N4O/c1-18-13-10-12(15-11-16-13)14-6-2-3-7-17-8-4-5-9-17/h10-11H,2-9H2,1H3,(H,14,15,16). The topological polar surface area (TPSA) is 50.3 Å². The van der Waals surface area contributed by atoms with E-state index >= 15 is 0 Å². The summed E-state index contributed by atoms with van der Waals surface area (Å²) in [6.45, 7) is 4.76. The van der Waals surface area contributed by atoms with Crippen molar-refractivity contribution in [3.63, 3.8) is 0 Å². The van der Waals surface area contributed by atoms with Gasteiger partial charge in [0.05, 0.1) is 7.11 Å². The van der Waals surface area contributed by atoms with Gasteiger partial charge in [0, 0.05) is 12.6 Å². The van der Waals surface area contributed by atoms with E-state index in [0.717, 1.165) is 12.4 Å². The Balaban J connectivity index is 1.59. The van der Waals surface area contributed by atoms with Crippen LogP contribution in [0.1, 0.15) is 25.7 Å². The molecule has 1 aliphatic rings. The number of unbranched alkanes of at least 4 members (excludes halogenated alkanes) is 1. The zero-order valence-corrected chi connectivity index (χ0v) is 11.1. The Morgan fingerprint density at radius 1 is 1.28 bits per heavy atom. The van der Waals surface area contributed by atoms with Crippen LogP contribution in [0.4, 0.5) is 5.82 Å². The summed E-state index contributed by atoms with van der Waals surface area (Å²) in [6, 6.07) is 1.82. The number of nitrogens with one attached hydrogen (secondary N) is 1. The van der Waals surface area contributed by atoms with Crippen LogP contribution in [0.25, 0.3) is 0 Å². The predicted octanol–water partition coefficient (Wildman–Crippen LogP) is 1.77. The first-order valence-electron chi connectivity index (χ1n) is 6.71. The lowest BCUT2D eigenvalue weighted by Crippen LogP contribution is -2.20. The number of ether oxygens (including phenoxy) is 1. The monoisotopic (exact) mass is 250 g/mol. The minimum absolute atomic E-state index is 0.601. The maximum atomic E-state index is 5.05. The van der Waals surface area contributed by atoms with Gasteiger partial charge in [0.25, 0.3) is 0 Å². The van der Waals surface area contributed by atoms with E-state index in [9.17, 15) is 0 Å². The van der Waals surface area contributed by atoms with E-state index in [1.54, 1.807) is 7.11 Å². The van der Waals surface area contributed by atoms with Crippen LogP contribution in [0.15, 0.2) is 12.4 Å². The first-order chi connectivity index (χ1) is 8.88. The van der Waals surface area contributed by atoms with Gasteiger partial charge in [-0.3, -0.25) is 0 Å². The van der Waals surface area contributed by atoms with Crippen molar-refractivity contribution in [3.05, 3.63) is 12.4 Å². The third-order valence-corrected chi connectivity index (χ3v) is 3.26. The van der Waals surface area contributed by atoms with Crippen LogP contribution in [-0.2, 0) is 0 Å². The molecule has 18 heavy (non-hydrogen) atoms. The first kappa shape index (κ1) is 13.1. The van der Waals surface area contributed by atoms with Crippen LogP contribution < -0.4 is 10.1 Å². The van der Waals surface area contributed by atoms with E-state index in [1.165, 1.54) is 51.6 Å². The highest BCUT2D eigenvalue weighted by atomic mass is 16.5. The number of hydrogen-bond donors (Lipinski definition) is 1. The van der Waals surface area contributed by atoms with Gasteiger partial charge >= 0.3 is 0 Å². The Morgan fingerprint density at radius 2 is 2.11 bits per heavy atom. The summed E-state index contributed by atoms with van der Waals surface area (Å²) < 4.78 is 5.05. The third-order valence-electron chi connectivity index (χ3n) is 3.26. The van der Waals surface area contributed by atoms with E-state index in [-0.39, 0.29) is 0 Å². The van der Waals surface area contributed by atoms with Gasteiger partial charge in [0.2, 0.25) is 5.88 Å². The molecule has 2 heterocycles. The molecule has 2 rings (SSSR count). The summed E-state index contributed by atoms with van der Waals surface area (Å²) in [5.74, 6) is 1.44. The Bertz CT molecular complexity index is 353. The Kier molecular flexibility index (Phi) is 5.20. The van der Waals surface area contributed by atoms with Crippen LogP contribution in [-0.4, -0.2) is 48.2 Å². The SMILES string of the molecule is COc1cc(NCCCCN2CCCC2)ncn1. The molecular weight excluding hydrogens is 228 g/mol. The molecule has 0 spiro atoms. The quantitative estimate of drug-likeness (QED) is 0.747. The molecule has 0 saturated carbocycles. The number of rotatable bonds is 7. The van der Waals surface area contributed by atoms with Crippen molar-refractivity contribution < 1.29 is 4.74 Å². The summed E-state index contributed by atoms with van der Waals surface area (Å²) in [5, 5.41) is 3.30. The maximum absolute atomic E-state index is 5.05. The fourth-order valence-electron chi connectivity index (χ4n) is 2.23. The summed E-state index contributed by atoms with van der Waals surface area (Å²) in [5.41, 5.74) is 0.